The van der Waals surface area contributed by atoms with Gasteiger partial charge in [0.1, 0.15) is 0 Å². The molecule has 0 aliphatic heterocycles. The second-order valence-electron chi connectivity index (χ2n) is 3.21. The van der Waals surface area contributed by atoms with Crippen molar-refractivity contribution < 1.29 is 5.21 Å². The van der Waals surface area contributed by atoms with Crippen molar-refractivity contribution in [3.05, 3.63) is 28.3 Å². The van der Waals surface area contributed by atoms with Crippen molar-refractivity contribution >= 4 is 11.6 Å². The maximum absolute atomic E-state index is 9.54. The Kier molecular flexibility index (Phi) is 2.98. The second-order valence-corrected chi connectivity index (χ2v) is 3.64. The third kappa shape index (κ3) is 2.49. The van der Waals surface area contributed by atoms with Crippen molar-refractivity contribution in [1.29, 1.82) is 0 Å². The first-order valence-corrected chi connectivity index (χ1v) is 4.51. The van der Waals surface area contributed by atoms with Gasteiger partial charge in [0.2, 0.25) is 0 Å². The number of pyridine rings is 1. The molecule has 0 aromatic carbocycles. The van der Waals surface area contributed by atoms with Crippen molar-refractivity contribution in [2.45, 2.75) is 26.8 Å². The highest BCUT2D eigenvalue weighted by Gasteiger charge is 1.98. The highest BCUT2D eigenvalue weighted by atomic mass is 35.5. The Bertz CT molecular complexity index is 368. The average molecular weight is 201 g/mol. The first-order chi connectivity index (χ1) is 6.00. The number of nitrogens with zero attached hydrogens (tertiary/aromatic N) is 2. The fourth-order valence-corrected chi connectivity index (χ4v) is 1.28. The molecule has 1 aromatic heterocycles. The summed E-state index contributed by atoms with van der Waals surface area (Å²) >= 11 is 5.82. The van der Waals surface area contributed by atoms with E-state index in [1.165, 1.54) is 0 Å². The molecule has 0 amide bonds. The normalized spacial score (nSPS) is 12.5. The molecule has 0 atom stereocenters. The van der Waals surface area contributed by atoms with Crippen LogP contribution in [-0.2, 0) is 0 Å². The van der Waals surface area contributed by atoms with Crippen LogP contribution in [0.4, 0.5) is 0 Å². The van der Waals surface area contributed by atoms with E-state index in [-0.39, 0.29) is 6.04 Å². The van der Waals surface area contributed by atoms with Gasteiger partial charge in [0.15, 0.2) is 5.49 Å². The van der Waals surface area contributed by atoms with Crippen molar-refractivity contribution in [3.8, 4) is 0 Å². The van der Waals surface area contributed by atoms with E-state index in [0.29, 0.717) is 16.2 Å². The van der Waals surface area contributed by atoms with Crippen LogP contribution in [0.1, 0.15) is 19.5 Å². The second kappa shape index (κ2) is 3.83. The van der Waals surface area contributed by atoms with Crippen LogP contribution in [0.3, 0.4) is 0 Å². The number of aryl methyl sites for hydroxylation is 1. The predicted molar refractivity (Wildman–Crippen MR) is 52.1 cm³/mol. The van der Waals surface area contributed by atoms with Gasteiger partial charge in [-0.25, -0.2) is 0 Å². The molecule has 0 saturated heterocycles. The van der Waals surface area contributed by atoms with Gasteiger partial charge in [-0.05, 0) is 26.8 Å². The fraction of sp³-hybridized carbons (Fsp3) is 0.444. The highest BCUT2D eigenvalue weighted by Crippen LogP contribution is 2.05. The van der Waals surface area contributed by atoms with Crippen molar-refractivity contribution in [3.63, 3.8) is 0 Å². The Hall–Kier alpha value is -0.960. The third-order valence-electron chi connectivity index (χ3n) is 1.56. The quantitative estimate of drug-likeness (QED) is 0.692. The minimum absolute atomic E-state index is 0.135. The molecule has 13 heavy (non-hydrogen) atoms. The summed E-state index contributed by atoms with van der Waals surface area (Å²) in [7, 11) is 0. The summed E-state index contributed by atoms with van der Waals surface area (Å²) in [6, 6.07) is 3.45. The lowest BCUT2D eigenvalue weighted by molar-refractivity contribution is 0.164. The number of halogens is 1. The maximum Gasteiger partial charge on any atom is 0.165 e. The molecule has 3 nitrogen and oxygen atoms in total. The molecule has 0 unspecified atom stereocenters. The van der Waals surface area contributed by atoms with Gasteiger partial charge in [0.25, 0.3) is 0 Å². The van der Waals surface area contributed by atoms with E-state index in [1.54, 1.807) is 19.1 Å². The third-order valence-corrected chi connectivity index (χ3v) is 1.77. The molecule has 72 valence electrons. The lowest BCUT2D eigenvalue weighted by Crippen LogP contribution is -2.22. The monoisotopic (exact) mass is 200 g/mol. The summed E-state index contributed by atoms with van der Waals surface area (Å²) in [6.45, 7) is 5.65. The number of rotatable bonds is 1. The van der Waals surface area contributed by atoms with Gasteiger partial charge in [0.05, 0.1) is 5.69 Å². The number of hydrogen-bond donors (Lipinski definition) is 1. The van der Waals surface area contributed by atoms with Crippen LogP contribution in [0.5, 0.6) is 0 Å². The van der Waals surface area contributed by atoms with Crippen LogP contribution in [0.2, 0.25) is 5.02 Å². The summed E-state index contributed by atoms with van der Waals surface area (Å²) < 4.78 is 1.03. The summed E-state index contributed by atoms with van der Waals surface area (Å²) in [5.41, 5.74) is 1.16. The molecule has 0 aliphatic carbocycles. The summed E-state index contributed by atoms with van der Waals surface area (Å²) in [4.78, 5) is 4.21. The molecule has 0 spiro atoms. The molecule has 1 heterocycles. The Morgan fingerprint density at radius 3 is 2.62 bits per heavy atom. The molecule has 0 aliphatic rings. The molecule has 1 rings (SSSR count). The van der Waals surface area contributed by atoms with Gasteiger partial charge in [-0.3, -0.25) is 4.99 Å². The van der Waals surface area contributed by atoms with Gasteiger partial charge in [-0.15, -0.1) is 0 Å². The van der Waals surface area contributed by atoms with Gasteiger partial charge in [-0.1, -0.05) is 11.6 Å². The van der Waals surface area contributed by atoms with Crippen LogP contribution in [-0.4, -0.2) is 16.0 Å². The van der Waals surface area contributed by atoms with Crippen LogP contribution >= 0.6 is 11.6 Å². The van der Waals surface area contributed by atoms with Gasteiger partial charge < -0.3 is 5.21 Å². The van der Waals surface area contributed by atoms with Crippen molar-refractivity contribution in [2.24, 2.45) is 4.99 Å². The molecule has 0 fully saturated rings. The van der Waals surface area contributed by atoms with Gasteiger partial charge in [-0.2, -0.15) is 4.73 Å². The van der Waals surface area contributed by atoms with E-state index in [2.05, 4.69) is 4.99 Å². The van der Waals surface area contributed by atoms with E-state index in [1.807, 2.05) is 13.8 Å². The van der Waals surface area contributed by atoms with E-state index < -0.39 is 0 Å². The Labute approximate surface area is 82.3 Å². The van der Waals surface area contributed by atoms with Crippen molar-refractivity contribution in [1.82, 2.24) is 4.73 Å². The van der Waals surface area contributed by atoms with Gasteiger partial charge >= 0.3 is 0 Å². The van der Waals surface area contributed by atoms with Crippen LogP contribution in [0, 0.1) is 6.92 Å². The topological polar surface area (TPSA) is 37.5 Å². The molecule has 0 saturated carbocycles. The fourth-order valence-electron chi connectivity index (χ4n) is 1.02. The average Bonchev–Trinajstić information content (AvgIpc) is 1.98. The molecule has 4 heteroatoms. The van der Waals surface area contributed by atoms with E-state index >= 15 is 0 Å². The molecule has 1 aromatic rings. The largest absolute Gasteiger partial charge is 0.427 e. The number of aromatic nitrogens is 1. The minimum atomic E-state index is 0.135. The van der Waals surface area contributed by atoms with E-state index in [9.17, 15) is 5.21 Å². The van der Waals surface area contributed by atoms with Crippen LogP contribution in [0.15, 0.2) is 17.1 Å². The molecule has 1 N–H and O–H groups in total. The predicted octanol–water partition coefficient (Wildman–Crippen LogP) is 2.00. The smallest absolute Gasteiger partial charge is 0.165 e. The first kappa shape index (κ1) is 10.1. The lowest BCUT2D eigenvalue weighted by atomic mass is 10.3. The minimum Gasteiger partial charge on any atom is -0.427 e. The lowest BCUT2D eigenvalue weighted by Gasteiger charge is -2.04. The zero-order valence-corrected chi connectivity index (χ0v) is 8.71. The zero-order valence-electron chi connectivity index (χ0n) is 7.95. The maximum atomic E-state index is 9.54. The Morgan fingerprint density at radius 1 is 1.46 bits per heavy atom. The first-order valence-electron chi connectivity index (χ1n) is 4.13. The van der Waals surface area contributed by atoms with E-state index in [4.69, 9.17) is 11.6 Å². The zero-order chi connectivity index (χ0) is 10.0. The molecular weight excluding hydrogens is 188 g/mol. The Balaban J connectivity index is 3.37. The van der Waals surface area contributed by atoms with E-state index in [0.717, 1.165) is 4.73 Å². The number of hydrogen-bond acceptors (Lipinski definition) is 2. The summed E-state index contributed by atoms with van der Waals surface area (Å²) in [5.74, 6) is 0. The molecule has 0 bridgehead atoms. The SMILES string of the molecule is Cc1cc(Cl)cc(=NC(C)C)n1O. The summed E-state index contributed by atoms with van der Waals surface area (Å²) in [6.07, 6.45) is 0. The van der Waals surface area contributed by atoms with Crippen molar-refractivity contribution in [2.75, 3.05) is 0 Å². The van der Waals surface area contributed by atoms with Crippen LogP contribution < -0.4 is 5.49 Å². The molecule has 0 radical (unpaired) electrons. The molecular formula is C9H13ClN2O. The highest BCUT2D eigenvalue weighted by molar-refractivity contribution is 6.30. The Morgan fingerprint density at radius 2 is 2.08 bits per heavy atom. The van der Waals surface area contributed by atoms with Crippen LogP contribution in [0.25, 0.3) is 0 Å². The van der Waals surface area contributed by atoms with Gasteiger partial charge in [0, 0.05) is 17.1 Å². The summed E-state index contributed by atoms with van der Waals surface area (Å²) in [5, 5.41) is 10.1. The standard InChI is InChI=1S/C9H13ClN2O/c1-6(2)11-9-5-8(10)4-7(3)12(9)13/h4-6,13H,1-3H3.